The molecular weight excluding hydrogens is 320 g/mol. The number of nitrogen functional groups attached to an aromatic ring is 1. The zero-order valence-corrected chi connectivity index (χ0v) is 13.2. The summed E-state index contributed by atoms with van der Waals surface area (Å²) in [6.45, 7) is 6.12. The molecular formula is C13H17BrN6. The van der Waals surface area contributed by atoms with Crippen LogP contribution in [0.15, 0.2) is 29.1 Å². The predicted octanol–water partition coefficient (Wildman–Crippen LogP) is 3.17. The molecule has 2 rings (SSSR count). The van der Waals surface area contributed by atoms with E-state index in [9.17, 15) is 0 Å². The number of nitrogens with zero attached hydrogens (tertiary/aromatic N) is 3. The first-order chi connectivity index (χ1) is 9.35. The van der Waals surface area contributed by atoms with Crippen molar-refractivity contribution >= 4 is 39.1 Å². The van der Waals surface area contributed by atoms with Gasteiger partial charge in [-0.2, -0.15) is 0 Å². The van der Waals surface area contributed by atoms with Gasteiger partial charge in [0, 0.05) is 16.2 Å². The smallest absolute Gasteiger partial charge is 0.160 e. The number of hydrogen-bond donors (Lipinski definition) is 3. The fourth-order valence-corrected chi connectivity index (χ4v) is 1.76. The first kappa shape index (κ1) is 14.5. The second kappa shape index (κ2) is 5.62. The number of pyridine rings is 1. The van der Waals surface area contributed by atoms with Gasteiger partial charge in [-0.05, 0) is 48.8 Å². The molecule has 0 fully saturated rings. The van der Waals surface area contributed by atoms with Gasteiger partial charge in [-0.1, -0.05) is 0 Å². The van der Waals surface area contributed by atoms with Crippen LogP contribution in [0.5, 0.6) is 0 Å². The zero-order chi connectivity index (χ0) is 14.8. The molecule has 0 radical (unpaired) electrons. The van der Waals surface area contributed by atoms with Crippen LogP contribution in [0.25, 0.3) is 0 Å². The summed E-state index contributed by atoms with van der Waals surface area (Å²) in [7, 11) is 0. The van der Waals surface area contributed by atoms with Crippen LogP contribution < -0.4 is 16.4 Å². The highest BCUT2D eigenvalue weighted by Gasteiger charge is 2.15. The normalized spacial score (nSPS) is 11.2. The number of anilines is 4. The van der Waals surface area contributed by atoms with Crippen LogP contribution in [0.4, 0.5) is 23.1 Å². The molecule has 4 N–H and O–H groups in total. The minimum absolute atomic E-state index is 0.129. The van der Waals surface area contributed by atoms with Crippen LogP contribution in [0.1, 0.15) is 20.8 Å². The second-order valence-electron chi connectivity index (χ2n) is 5.35. The van der Waals surface area contributed by atoms with E-state index in [0.29, 0.717) is 23.1 Å². The fourth-order valence-electron chi connectivity index (χ4n) is 1.52. The van der Waals surface area contributed by atoms with E-state index < -0.39 is 0 Å². The monoisotopic (exact) mass is 336 g/mol. The van der Waals surface area contributed by atoms with Crippen molar-refractivity contribution < 1.29 is 0 Å². The highest BCUT2D eigenvalue weighted by Crippen LogP contribution is 2.27. The number of nitrogens with two attached hydrogens (primary N) is 1. The van der Waals surface area contributed by atoms with Crippen molar-refractivity contribution in [1.82, 2.24) is 15.0 Å². The number of hydrogen-bond acceptors (Lipinski definition) is 6. The van der Waals surface area contributed by atoms with Gasteiger partial charge in [0.25, 0.3) is 0 Å². The molecule has 0 saturated heterocycles. The Labute approximate surface area is 126 Å². The van der Waals surface area contributed by atoms with Crippen LogP contribution >= 0.6 is 15.9 Å². The van der Waals surface area contributed by atoms with E-state index in [1.54, 1.807) is 6.20 Å². The van der Waals surface area contributed by atoms with Crippen LogP contribution in [0.3, 0.4) is 0 Å². The fraction of sp³-hybridized carbons (Fsp3) is 0.308. The highest BCUT2D eigenvalue weighted by atomic mass is 79.9. The predicted molar refractivity (Wildman–Crippen MR) is 85.0 cm³/mol. The number of halogens is 1. The van der Waals surface area contributed by atoms with Gasteiger partial charge in [-0.25, -0.2) is 15.0 Å². The topological polar surface area (TPSA) is 88.8 Å². The van der Waals surface area contributed by atoms with E-state index in [4.69, 9.17) is 5.73 Å². The van der Waals surface area contributed by atoms with E-state index in [2.05, 4.69) is 41.5 Å². The van der Waals surface area contributed by atoms with Gasteiger partial charge in [-0.15, -0.1) is 0 Å². The maximum Gasteiger partial charge on any atom is 0.160 e. The molecule has 0 spiro atoms. The summed E-state index contributed by atoms with van der Waals surface area (Å²) in [5.41, 5.74) is 6.42. The van der Waals surface area contributed by atoms with Crippen LogP contribution in [-0.2, 0) is 0 Å². The van der Waals surface area contributed by atoms with Crippen molar-refractivity contribution in [1.29, 1.82) is 0 Å². The Hall–Kier alpha value is -1.89. The molecule has 2 aromatic heterocycles. The first-order valence-electron chi connectivity index (χ1n) is 6.12. The molecule has 2 heterocycles. The van der Waals surface area contributed by atoms with Gasteiger partial charge in [0.05, 0.1) is 0 Å². The van der Waals surface area contributed by atoms with Gasteiger partial charge in [-0.3, -0.25) is 0 Å². The Bertz CT molecular complexity index is 591. The quantitative estimate of drug-likeness (QED) is 0.797. The molecule has 0 aliphatic rings. The largest absolute Gasteiger partial charge is 0.393 e. The lowest BCUT2D eigenvalue weighted by atomic mass is 10.1. The van der Waals surface area contributed by atoms with Crippen LogP contribution in [0, 0.1) is 0 Å². The summed E-state index contributed by atoms with van der Waals surface area (Å²) in [6.07, 6.45) is 3.17. The van der Waals surface area contributed by atoms with Crippen molar-refractivity contribution in [2.75, 3.05) is 16.4 Å². The Morgan fingerprint density at radius 3 is 2.40 bits per heavy atom. The molecule has 0 atom stereocenters. The summed E-state index contributed by atoms with van der Waals surface area (Å²) in [5, 5.41) is 6.32. The third-order valence-electron chi connectivity index (χ3n) is 2.35. The van der Waals surface area contributed by atoms with E-state index in [0.717, 1.165) is 4.47 Å². The summed E-state index contributed by atoms with van der Waals surface area (Å²) in [6, 6.07) is 3.73. The highest BCUT2D eigenvalue weighted by molar-refractivity contribution is 9.10. The van der Waals surface area contributed by atoms with E-state index in [-0.39, 0.29) is 5.54 Å². The SMILES string of the molecule is CC(C)(C)Nc1ncnc(Nc2ccc(Br)cn2)c1N. The van der Waals surface area contributed by atoms with E-state index in [1.165, 1.54) is 6.33 Å². The lowest BCUT2D eigenvalue weighted by Gasteiger charge is -2.22. The first-order valence-corrected chi connectivity index (χ1v) is 6.92. The van der Waals surface area contributed by atoms with E-state index in [1.807, 2.05) is 32.9 Å². The third kappa shape index (κ3) is 3.80. The van der Waals surface area contributed by atoms with Crippen molar-refractivity contribution in [2.45, 2.75) is 26.3 Å². The molecule has 0 aliphatic carbocycles. The summed E-state index contributed by atoms with van der Waals surface area (Å²) < 4.78 is 0.911. The summed E-state index contributed by atoms with van der Waals surface area (Å²) in [4.78, 5) is 12.5. The third-order valence-corrected chi connectivity index (χ3v) is 2.82. The second-order valence-corrected chi connectivity index (χ2v) is 6.26. The number of rotatable bonds is 3. The van der Waals surface area contributed by atoms with Crippen molar-refractivity contribution in [3.8, 4) is 0 Å². The molecule has 0 bridgehead atoms. The van der Waals surface area contributed by atoms with Crippen LogP contribution in [-0.4, -0.2) is 20.5 Å². The summed E-state index contributed by atoms with van der Waals surface area (Å²) >= 11 is 3.34. The maximum atomic E-state index is 6.08. The van der Waals surface area contributed by atoms with Crippen molar-refractivity contribution in [2.24, 2.45) is 0 Å². The zero-order valence-electron chi connectivity index (χ0n) is 11.6. The molecule has 0 unspecified atom stereocenters. The van der Waals surface area contributed by atoms with Gasteiger partial charge >= 0.3 is 0 Å². The maximum absolute atomic E-state index is 6.08. The van der Waals surface area contributed by atoms with Gasteiger partial charge in [0.15, 0.2) is 11.6 Å². The van der Waals surface area contributed by atoms with Gasteiger partial charge in [0.2, 0.25) is 0 Å². The lowest BCUT2D eigenvalue weighted by Crippen LogP contribution is -2.27. The minimum Gasteiger partial charge on any atom is -0.393 e. The average molecular weight is 337 g/mol. The summed E-state index contributed by atoms with van der Waals surface area (Å²) in [5.74, 6) is 1.80. The van der Waals surface area contributed by atoms with E-state index >= 15 is 0 Å². The molecule has 0 saturated carbocycles. The molecule has 20 heavy (non-hydrogen) atoms. The molecule has 0 aromatic carbocycles. The van der Waals surface area contributed by atoms with Gasteiger partial charge < -0.3 is 16.4 Å². The Balaban J connectivity index is 2.24. The molecule has 6 nitrogen and oxygen atoms in total. The van der Waals surface area contributed by atoms with Crippen LogP contribution in [0.2, 0.25) is 0 Å². The number of nitrogens with one attached hydrogen (secondary N) is 2. The minimum atomic E-state index is -0.129. The van der Waals surface area contributed by atoms with Crippen molar-refractivity contribution in [3.05, 3.63) is 29.1 Å². The van der Waals surface area contributed by atoms with Crippen molar-refractivity contribution in [3.63, 3.8) is 0 Å². The van der Waals surface area contributed by atoms with Gasteiger partial charge in [0.1, 0.15) is 17.8 Å². The molecule has 0 amide bonds. The molecule has 106 valence electrons. The molecule has 0 aliphatic heterocycles. The average Bonchev–Trinajstić information content (AvgIpc) is 2.35. The Morgan fingerprint density at radius 1 is 1.10 bits per heavy atom. The number of aromatic nitrogens is 3. The Morgan fingerprint density at radius 2 is 1.80 bits per heavy atom. The Kier molecular flexibility index (Phi) is 4.08. The lowest BCUT2D eigenvalue weighted by molar-refractivity contribution is 0.630. The molecule has 2 aromatic rings. The molecule has 7 heteroatoms. The standard InChI is InChI=1S/C13H17BrN6/c1-13(2,3)20-12-10(15)11(17-7-18-12)19-9-5-4-8(14)6-16-9/h4-7H,15H2,1-3H3,(H2,16,17,18,19,20).